The molecule has 11 heavy (non-hydrogen) atoms. The van der Waals surface area contributed by atoms with Crippen LogP contribution in [-0.4, -0.2) is 13.3 Å². The molecule has 0 spiro atoms. The number of hydrogen-bond donors (Lipinski definition) is 2. The molecule has 0 aliphatic heterocycles. The summed E-state index contributed by atoms with van der Waals surface area (Å²) in [5.74, 6) is 0. The molecule has 0 aliphatic rings. The van der Waals surface area contributed by atoms with Crippen molar-refractivity contribution >= 4 is 27.8 Å². The summed E-state index contributed by atoms with van der Waals surface area (Å²) in [5, 5.41) is 10.1. The standard InChI is InChI=1S/C8H9BrN2/c1-11-8-4-2-3-7(9)6(8)5-10/h2-5,10-11H,1H3. The van der Waals surface area contributed by atoms with Crippen LogP contribution >= 0.6 is 15.9 Å². The zero-order valence-electron chi connectivity index (χ0n) is 6.19. The largest absolute Gasteiger partial charge is 0.388 e. The van der Waals surface area contributed by atoms with Crippen LogP contribution in [-0.2, 0) is 0 Å². The summed E-state index contributed by atoms with van der Waals surface area (Å²) in [6, 6.07) is 5.79. The fourth-order valence-electron chi connectivity index (χ4n) is 0.902. The van der Waals surface area contributed by atoms with Gasteiger partial charge in [0.05, 0.1) is 0 Å². The molecule has 0 unspecified atom stereocenters. The van der Waals surface area contributed by atoms with E-state index in [1.165, 1.54) is 6.21 Å². The normalized spacial score (nSPS) is 9.27. The SMILES string of the molecule is CNc1cccc(Br)c1C=N. The molecule has 1 aromatic rings. The molecule has 0 atom stereocenters. The Hall–Kier alpha value is -0.830. The molecule has 0 aromatic heterocycles. The third-order valence-electron chi connectivity index (χ3n) is 1.47. The maximum atomic E-state index is 7.13. The molecule has 0 bridgehead atoms. The van der Waals surface area contributed by atoms with E-state index >= 15 is 0 Å². The lowest BCUT2D eigenvalue weighted by Crippen LogP contribution is -1.94. The van der Waals surface area contributed by atoms with Crippen LogP contribution < -0.4 is 5.32 Å². The third-order valence-corrected chi connectivity index (χ3v) is 2.16. The highest BCUT2D eigenvalue weighted by Gasteiger charge is 2.00. The molecule has 0 amide bonds. The molecule has 1 aromatic carbocycles. The second-order valence-corrected chi connectivity index (χ2v) is 2.95. The lowest BCUT2D eigenvalue weighted by atomic mass is 10.2. The molecule has 0 fully saturated rings. The van der Waals surface area contributed by atoms with Crippen molar-refractivity contribution in [2.45, 2.75) is 0 Å². The topological polar surface area (TPSA) is 35.9 Å². The number of benzene rings is 1. The summed E-state index contributed by atoms with van der Waals surface area (Å²) in [5.41, 5.74) is 1.85. The van der Waals surface area contributed by atoms with Crippen molar-refractivity contribution in [3.05, 3.63) is 28.2 Å². The molecule has 58 valence electrons. The highest BCUT2D eigenvalue weighted by atomic mass is 79.9. The zero-order valence-corrected chi connectivity index (χ0v) is 7.77. The van der Waals surface area contributed by atoms with Crippen LogP contribution in [0.5, 0.6) is 0 Å². The fourth-order valence-corrected chi connectivity index (χ4v) is 1.38. The quantitative estimate of drug-likeness (QED) is 0.727. The molecule has 0 heterocycles. The van der Waals surface area contributed by atoms with Gasteiger partial charge in [-0.2, -0.15) is 0 Å². The van der Waals surface area contributed by atoms with Crippen LogP contribution in [0, 0.1) is 5.41 Å². The van der Waals surface area contributed by atoms with Crippen molar-refractivity contribution in [1.29, 1.82) is 5.41 Å². The first kappa shape index (κ1) is 8.27. The third kappa shape index (κ3) is 1.60. The van der Waals surface area contributed by atoms with E-state index in [1.54, 1.807) is 0 Å². The predicted octanol–water partition coefficient (Wildman–Crippen LogP) is 2.49. The molecule has 3 heteroatoms. The Balaban J connectivity index is 3.24. The van der Waals surface area contributed by atoms with E-state index in [4.69, 9.17) is 5.41 Å². The smallest absolute Gasteiger partial charge is 0.0438 e. The maximum Gasteiger partial charge on any atom is 0.0438 e. The van der Waals surface area contributed by atoms with Crippen molar-refractivity contribution in [3.8, 4) is 0 Å². The summed E-state index contributed by atoms with van der Waals surface area (Å²) >= 11 is 3.36. The van der Waals surface area contributed by atoms with Gasteiger partial charge < -0.3 is 10.7 Å². The van der Waals surface area contributed by atoms with Gasteiger partial charge in [0.1, 0.15) is 0 Å². The molecule has 0 saturated carbocycles. The highest BCUT2D eigenvalue weighted by molar-refractivity contribution is 9.10. The zero-order chi connectivity index (χ0) is 8.27. The Kier molecular flexibility index (Phi) is 2.65. The van der Waals surface area contributed by atoms with Gasteiger partial charge in [-0.3, -0.25) is 0 Å². The maximum absolute atomic E-state index is 7.13. The second kappa shape index (κ2) is 3.53. The van der Waals surface area contributed by atoms with E-state index in [0.717, 1.165) is 15.7 Å². The number of halogens is 1. The van der Waals surface area contributed by atoms with E-state index < -0.39 is 0 Å². The molecule has 2 N–H and O–H groups in total. The lowest BCUT2D eigenvalue weighted by molar-refractivity contribution is 1.46. The summed E-state index contributed by atoms with van der Waals surface area (Å²) in [7, 11) is 1.84. The van der Waals surface area contributed by atoms with Crippen LogP contribution in [0.2, 0.25) is 0 Å². The Morgan fingerprint density at radius 1 is 1.55 bits per heavy atom. The molecule has 0 saturated heterocycles. The van der Waals surface area contributed by atoms with Gasteiger partial charge in [-0.15, -0.1) is 0 Å². The van der Waals surface area contributed by atoms with E-state index in [9.17, 15) is 0 Å². The predicted molar refractivity (Wildman–Crippen MR) is 51.6 cm³/mol. The van der Waals surface area contributed by atoms with Gasteiger partial charge in [0.15, 0.2) is 0 Å². The highest BCUT2D eigenvalue weighted by Crippen LogP contribution is 2.21. The number of hydrogen-bond acceptors (Lipinski definition) is 2. The Morgan fingerprint density at radius 2 is 2.27 bits per heavy atom. The monoisotopic (exact) mass is 212 g/mol. The fraction of sp³-hybridized carbons (Fsp3) is 0.125. The first-order valence-corrected chi connectivity index (χ1v) is 4.05. The summed E-state index contributed by atoms with van der Waals surface area (Å²) in [6.45, 7) is 0. The Morgan fingerprint density at radius 3 is 2.73 bits per heavy atom. The average molecular weight is 213 g/mol. The first-order valence-electron chi connectivity index (χ1n) is 3.26. The van der Waals surface area contributed by atoms with Crippen molar-refractivity contribution in [1.82, 2.24) is 0 Å². The van der Waals surface area contributed by atoms with Gasteiger partial charge >= 0.3 is 0 Å². The molecular weight excluding hydrogens is 204 g/mol. The molecule has 2 nitrogen and oxygen atoms in total. The number of rotatable bonds is 2. The molecule has 1 rings (SSSR count). The van der Waals surface area contributed by atoms with Gasteiger partial charge in [-0.05, 0) is 12.1 Å². The van der Waals surface area contributed by atoms with Crippen LogP contribution in [0.4, 0.5) is 5.69 Å². The minimum Gasteiger partial charge on any atom is -0.388 e. The molecule has 0 radical (unpaired) electrons. The van der Waals surface area contributed by atoms with Crippen LogP contribution in [0.1, 0.15) is 5.56 Å². The minimum absolute atomic E-state index is 0.884. The van der Waals surface area contributed by atoms with Crippen LogP contribution in [0.25, 0.3) is 0 Å². The van der Waals surface area contributed by atoms with Gasteiger partial charge in [0, 0.05) is 29.0 Å². The van der Waals surface area contributed by atoms with E-state index in [2.05, 4.69) is 21.2 Å². The first-order chi connectivity index (χ1) is 5.29. The van der Waals surface area contributed by atoms with E-state index in [1.807, 2.05) is 25.2 Å². The van der Waals surface area contributed by atoms with Crippen molar-refractivity contribution in [3.63, 3.8) is 0 Å². The van der Waals surface area contributed by atoms with Crippen molar-refractivity contribution < 1.29 is 0 Å². The van der Waals surface area contributed by atoms with E-state index in [-0.39, 0.29) is 0 Å². The average Bonchev–Trinajstić information content (AvgIpc) is 2.04. The van der Waals surface area contributed by atoms with Gasteiger partial charge in [-0.25, -0.2) is 0 Å². The summed E-state index contributed by atoms with van der Waals surface area (Å²) in [6.07, 6.45) is 1.33. The van der Waals surface area contributed by atoms with Crippen molar-refractivity contribution in [2.75, 3.05) is 12.4 Å². The Labute approximate surface area is 74.3 Å². The van der Waals surface area contributed by atoms with Gasteiger partial charge in [0.25, 0.3) is 0 Å². The van der Waals surface area contributed by atoms with E-state index in [0.29, 0.717) is 0 Å². The molecule has 0 aliphatic carbocycles. The van der Waals surface area contributed by atoms with Crippen molar-refractivity contribution in [2.24, 2.45) is 0 Å². The summed E-state index contributed by atoms with van der Waals surface area (Å²) in [4.78, 5) is 0. The van der Waals surface area contributed by atoms with Crippen LogP contribution in [0.15, 0.2) is 22.7 Å². The second-order valence-electron chi connectivity index (χ2n) is 2.10. The summed E-state index contributed by atoms with van der Waals surface area (Å²) < 4.78 is 0.944. The number of anilines is 1. The van der Waals surface area contributed by atoms with Crippen LogP contribution in [0.3, 0.4) is 0 Å². The minimum atomic E-state index is 0.884. The number of nitrogens with one attached hydrogen (secondary N) is 2. The lowest BCUT2D eigenvalue weighted by Gasteiger charge is -2.05. The van der Waals surface area contributed by atoms with Gasteiger partial charge in [-0.1, -0.05) is 22.0 Å². The van der Waals surface area contributed by atoms with Gasteiger partial charge in [0.2, 0.25) is 0 Å². The Bertz CT molecular complexity index is 271. The molecular formula is C8H9BrN2.